The quantitative estimate of drug-likeness (QED) is 0.478. The first kappa shape index (κ1) is 20.0. The topological polar surface area (TPSA) is 93.3 Å². The van der Waals surface area contributed by atoms with E-state index in [2.05, 4.69) is 15.3 Å². The van der Waals surface area contributed by atoms with E-state index in [9.17, 15) is 9.59 Å². The second-order valence-electron chi connectivity index (χ2n) is 7.37. The number of piperidine rings is 1. The Morgan fingerprint density at radius 3 is 2.81 bits per heavy atom. The summed E-state index contributed by atoms with van der Waals surface area (Å²) in [5, 5.41) is 10.2. The number of nitrogens with zero attached hydrogens (tertiary/aromatic N) is 4. The molecule has 0 bridgehead atoms. The Kier molecular flexibility index (Phi) is 5.56. The molecule has 4 aromatic heterocycles. The molecule has 0 aliphatic carbocycles. The zero-order chi connectivity index (χ0) is 21.2. The van der Waals surface area contributed by atoms with Crippen LogP contribution in [0.15, 0.2) is 45.1 Å². The third-order valence-electron chi connectivity index (χ3n) is 5.20. The molecule has 1 N–H and O–H groups in total. The molecule has 31 heavy (non-hydrogen) atoms. The van der Waals surface area contributed by atoms with Crippen LogP contribution in [0.1, 0.15) is 25.0 Å². The highest BCUT2D eigenvalue weighted by Gasteiger charge is 2.22. The predicted molar refractivity (Wildman–Crippen MR) is 122 cm³/mol. The van der Waals surface area contributed by atoms with E-state index < -0.39 is 0 Å². The van der Waals surface area contributed by atoms with Crippen molar-refractivity contribution in [1.29, 1.82) is 0 Å². The molecule has 1 aliphatic rings. The summed E-state index contributed by atoms with van der Waals surface area (Å²) in [6.45, 7) is 1.98. The van der Waals surface area contributed by atoms with Crippen LogP contribution >= 0.6 is 22.7 Å². The number of thiazole rings is 1. The van der Waals surface area contributed by atoms with Crippen LogP contribution in [0.2, 0.25) is 0 Å². The van der Waals surface area contributed by atoms with Crippen molar-refractivity contribution in [3.63, 3.8) is 0 Å². The van der Waals surface area contributed by atoms with Crippen LogP contribution in [0.3, 0.4) is 0 Å². The Hall–Kier alpha value is -2.98. The van der Waals surface area contributed by atoms with Crippen molar-refractivity contribution >= 4 is 43.9 Å². The van der Waals surface area contributed by atoms with Crippen LogP contribution in [0.4, 0.5) is 5.13 Å². The maximum atomic E-state index is 13.1. The molecule has 0 radical (unpaired) electrons. The van der Waals surface area contributed by atoms with Crippen molar-refractivity contribution in [1.82, 2.24) is 20.1 Å². The summed E-state index contributed by atoms with van der Waals surface area (Å²) in [6, 6.07) is 7.46. The summed E-state index contributed by atoms with van der Waals surface area (Å²) in [4.78, 5) is 33.5. The fourth-order valence-corrected chi connectivity index (χ4v) is 5.53. The number of anilines is 1. The number of thiophene rings is 1. The van der Waals surface area contributed by atoms with Gasteiger partial charge in [-0.15, -0.1) is 11.3 Å². The van der Waals surface area contributed by atoms with Crippen LogP contribution in [0.25, 0.3) is 20.8 Å². The standard InChI is InChI=1S/C21H21N5O3S2/c27-16(22-12-14-6-4-10-29-14)13-26-20(28)18-19(17(24-26)15-7-5-11-30-15)31-21(23-18)25-8-2-1-3-9-25/h4-7,10-11H,1-3,8-9,12-13H2,(H,22,27). The number of amides is 1. The van der Waals surface area contributed by atoms with Gasteiger partial charge in [0.1, 0.15) is 18.0 Å². The molecule has 4 aromatic rings. The average molecular weight is 456 g/mol. The van der Waals surface area contributed by atoms with Gasteiger partial charge in [0.2, 0.25) is 5.91 Å². The highest BCUT2D eigenvalue weighted by atomic mass is 32.1. The van der Waals surface area contributed by atoms with E-state index in [1.807, 2.05) is 17.5 Å². The molecule has 8 nitrogen and oxygen atoms in total. The lowest BCUT2D eigenvalue weighted by molar-refractivity contribution is -0.122. The first-order chi connectivity index (χ1) is 15.2. The maximum absolute atomic E-state index is 13.1. The molecule has 5 rings (SSSR count). The van der Waals surface area contributed by atoms with Gasteiger partial charge in [-0.1, -0.05) is 17.4 Å². The number of aromatic nitrogens is 3. The molecule has 1 amide bonds. The van der Waals surface area contributed by atoms with Gasteiger partial charge in [0.25, 0.3) is 5.56 Å². The Bertz CT molecular complexity index is 1240. The number of carbonyl (C=O) groups is 1. The maximum Gasteiger partial charge on any atom is 0.294 e. The molecule has 1 saturated heterocycles. The average Bonchev–Trinajstić information content (AvgIpc) is 3.56. The SMILES string of the molecule is O=C(Cn1nc(-c2cccs2)c2sc(N3CCCCC3)nc2c1=O)NCc1ccco1. The number of rotatable bonds is 6. The molecule has 0 spiro atoms. The Balaban J connectivity index is 1.50. The van der Waals surface area contributed by atoms with E-state index in [4.69, 9.17) is 9.40 Å². The van der Waals surface area contributed by atoms with Crippen molar-refractivity contribution in [2.75, 3.05) is 18.0 Å². The second-order valence-corrected chi connectivity index (χ2v) is 9.29. The normalized spacial score (nSPS) is 14.3. The van der Waals surface area contributed by atoms with E-state index in [0.717, 1.165) is 40.6 Å². The van der Waals surface area contributed by atoms with Crippen LogP contribution in [-0.2, 0) is 17.9 Å². The minimum atomic E-state index is -0.344. The number of carbonyl (C=O) groups excluding carboxylic acids is 1. The highest BCUT2D eigenvalue weighted by Crippen LogP contribution is 2.36. The third-order valence-corrected chi connectivity index (χ3v) is 7.20. The van der Waals surface area contributed by atoms with Gasteiger partial charge in [0.15, 0.2) is 10.6 Å². The largest absolute Gasteiger partial charge is 0.467 e. The number of furan rings is 1. The lowest BCUT2D eigenvalue weighted by Crippen LogP contribution is -2.33. The summed E-state index contributed by atoms with van der Waals surface area (Å²) < 4.78 is 7.23. The van der Waals surface area contributed by atoms with E-state index >= 15 is 0 Å². The van der Waals surface area contributed by atoms with Crippen molar-refractivity contribution < 1.29 is 9.21 Å². The first-order valence-corrected chi connectivity index (χ1v) is 11.9. The Labute approximate surface area is 186 Å². The van der Waals surface area contributed by atoms with Gasteiger partial charge in [0, 0.05) is 13.1 Å². The molecule has 5 heterocycles. The number of nitrogens with one attached hydrogen (secondary N) is 1. The fourth-order valence-electron chi connectivity index (χ4n) is 3.64. The highest BCUT2D eigenvalue weighted by molar-refractivity contribution is 7.23. The molecule has 0 aromatic carbocycles. The van der Waals surface area contributed by atoms with Crippen molar-refractivity contribution in [3.8, 4) is 10.6 Å². The Morgan fingerprint density at radius 2 is 2.06 bits per heavy atom. The second kappa shape index (κ2) is 8.64. The van der Waals surface area contributed by atoms with Crippen LogP contribution in [-0.4, -0.2) is 33.8 Å². The van der Waals surface area contributed by atoms with Gasteiger partial charge in [0.05, 0.1) is 22.4 Å². The summed E-state index contributed by atoms with van der Waals surface area (Å²) in [6.07, 6.45) is 5.04. The zero-order valence-corrected chi connectivity index (χ0v) is 18.4. The molecule has 0 unspecified atom stereocenters. The van der Waals surface area contributed by atoms with Gasteiger partial charge in [-0.25, -0.2) is 9.67 Å². The van der Waals surface area contributed by atoms with E-state index in [-0.39, 0.29) is 24.6 Å². The first-order valence-electron chi connectivity index (χ1n) is 10.2. The monoisotopic (exact) mass is 455 g/mol. The summed E-state index contributed by atoms with van der Waals surface area (Å²) >= 11 is 3.06. The summed E-state index contributed by atoms with van der Waals surface area (Å²) in [5.74, 6) is 0.336. The number of fused-ring (bicyclic) bond motifs is 1. The van der Waals surface area contributed by atoms with Gasteiger partial charge in [-0.3, -0.25) is 9.59 Å². The smallest absolute Gasteiger partial charge is 0.294 e. The minimum Gasteiger partial charge on any atom is -0.467 e. The van der Waals surface area contributed by atoms with Crippen LogP contribution < -0.4 is 15.8 Å². The van der Waals surface area contributed by atoms with E-state index in [1.54, 1.807) is 29.7 Å². The van der Waals surface area contributed by atoms with Crippen LogP contribution in [0, 0.1) is 0 Å². The molecule has 10 heteroatoms. The van der Waals surface area contributed by atoms with E-state index in [1.165, 1.54) is 22.4 Å². The van der Waals surface area contributed by atoms with Gasteiger partial charge in [-0.2, -0.15) is 5.10 Å². The number of hydrogen-bond donors (Lipinski definition) is 1. The van der Waals surface area contributed by atoms with Gasteiger partial charge >= 0.3 is 0 Å². The van der Waals surface area contributed by atoms with Crippen molar-refractivity contribution in [3.05, 3.63) is 52.0 Å². The number of hydrogen-bond acceptors (Lipinski definition) is 8. The summed E-state index contributed by atoms with van der Waals surface area (Å²) in [7, 11) is 0. The lowest BCUT2D eigenvalue weighted by Gasteiger charge is -2.25. The van der Waals surface area contributed by atoms with Gasteiger partial charge < -0.3 is 14.6 Å². The molecule has 0 atom stereocenters. The van der Waals surface area contributed by atoms with Gasteiger partial charge in [-0.05, 0) is 42.8 Å². The molecular weight excluding hydrogens is 434 g/mol. The van der Waals surface area contributed by atoms with Crippen LogP contribution in [0.5, 0.6) is 0 Å². The lowest BCUT2D eigenvalue weighted by atomic mass is 10.1. The molecule has 160 valence electrons. The minimum absolute atomic E-state index is 0.176. The molecule has 1 aliphatic heterocycles. The van der Waals surface area contributed by atoms with Crippen molar-refractivity contribution in [2.45, 2.75) is 32.4 Å². The Morgan fingerprint density at radius 1 is 1.19 bits per heavy atom. The summed E-state index contributed by atoms with van der Waals surface area (Å²) in [5.41, 5.74) is 0.731. The molecule has 1 fully saturated rings. The molecule has 0 saturated carbocycles. The zero-order valence-electron chi connectivity index (χ0n) is 16.7. The molecular formula is C21H21N5O3S2. The predicted octanol–water partition coefficient (Wildman–Crippen LogP) is 3.48. The van der Waals surface area contributed by atoms with Crippen molar-refractivity contribution in [2.24, 2.45) is 0 Å². The van der Waals surface area contributed by atoms with E-state index in [0.29, 0.717) is 17.0 Å². The fraction of sp³-hybridized carbons (Fsp3) is 0.333. The third kappa shape index (κ3) is 4.13.